The van der Waals surface area contributed by atoms with Gasteiger partial charge >= 0.3 is 0 Å². The number of hydrogen-bond acceptors (Lipinski definition) is 6. The van der Waals surface area contributed by atoms with Gasteiger partial charge in [0.2, 0.25) is 11.8 Å². The standard InChI is InChI=1S/C26H23FN4O5S/c27-19-6-2-3-7-20(19)28-23(32)15-31-25(34)22(37-26(31)35)13-17-14-30(21-8-4-1-5-18(17)21)16-24(33)29-9-11-36-12-10-29/h1-8,13-14H,9-12,15-16H2,(H,28,32). The number of ether oxygens (including phenoxy) is 1. The zero-order chi connectivity index (χ0) is 25.9. The van der Waals surface area contributed by atoms with E-state index in [1.807, 2.05) is 28.8 Å². The third kappa shape index (κ3) is 5.27. The van der Waals surface area contributed by atoms with Gasteiger partial charge in [-0.3, -0.25) is 24.1 Å². The summed E-state index contributed by atoms with van der Waals surface area (Å²) in [4.78, 5) is 53.5. The summed E-state index contributed by atoms with van der Waals surface area (Å²) in [5, 5.41) is 2.61. The number of fused-ring (bicyclic) bond motifs is 1. The highest BCUT2D eigenvalue weighted by Gasteiger charge is 2.36. The molecule has 2 saturated heterocycles. The lowest BCUT2D eigenvalue weighted by atomic mass is 10.1. The first-order valence-corrected chi connectivity index (χ1v) is 12.5. The van der Waals surface area contributed by atoms with Gasteiger partial charge in [-0.1, -0.05) is 30.3 Å². The van der Waals surface area contributed by atoms with Crippen molar-refractivity contribution in [3.63, 3.8) is 0 Å². The van der Waals surface area contributed by atoms with Crippen LogP contribution in [-0.2, 0) is 25.7 Å². The van der Waals surface area contributed by atoms with Gasteiger partial charge in [0.15, 0.2) is 0 Å². The largest absolute Gasteiger partial charge is 0.378 e. The number of aromatic nitrogens is 1. The summed E-state index contributed by atoms with van der Waals surface area (Å²) in [5.41, 5.74) is 1.46. The van der Waals surface area contributed by atoms with Crippen LogP contribution in [0, 0.1) is 5.82 Å². The monoisotopic (exact) mass is 522 g/mol. The van der Waals surface area contributed by atoms with Crippen molar-refractivity contribution in [1.29, 1.82) is 0 Å². The second-order valence-corrected chi connectivity index (χ2v) is 9.51. The summed E-state index contributed by atoms with van der Waals surface area (Å²) < 4.78 is 21.0. The summed E-state index contributed by atoms with van der Waals surface area (Å²) >= 11 is 0.729. The second kappa shape index (κ2) is 10.6. The van der Waals surface area contributed by atoms with E-state index in [0.717, 1.165) is 27.6 Å². The first-order valence-electron chi connectivity index (χ1n) is 11.6. The van der Waals surface area contributed by atoms with E-state index in [-0.39, 0.29) is 23.0 Å². The molecule has 3 heterocycles. The molecular formula is C26H23FN4O5S. The van der Waals surface area contributed by atoms with Gasteiger partial charge in [-0.15, -0.1) is 0 Å². The highest BCUT2D eigenvalue weighted by atomic mass is 32.2. The Labute approximate surface area is 215 Å². The Bertz CT molecular complexity index is 1430. The first-order chi connectivity index (χ1) is 17.9. The number of para-hydroxylation sites is 2. The molecule has 2 aliphatic rings. The Morgan fingerprint density at radius 2 is 1.76 bits per heavy atom. The lowest BCUT2D eigenvalue weighted by Gasteiger charge is -2.27. The van der Waals surface area contributed by atoms with Crippen LogP contribution in [0.4, 0.5) is 14.9 Å². The smallest absolute Gasteiger partial charge is 0.294 e. The minimum absolute atomic E-state index is 0.0307. The zero-order valence-corrected chi connectivity index (χ0v) is 20.5. The zero-order valence-electron chi connectivity index (χ0n) is 19.7. The molecule has 5 rings (SSSR count). The number of nitrogens with zero attached hydrogens (tertiary/aromatic N) is 3. The molecule has 0 bridgehead atoms. The molecule has 3 aromatic rings. The molecule has 0 aliphatic carbocycles. The molecule has 0 radical (unpaired) electrons. The maximum atomic E-state index is 13.8. The Morgan fingerprint density at radius 1 is 1.03 bits per heavy atom. The fourth-order valence-corrected chi connectivity index (χ4v) is 5.08. The third-order valence-electron chi connectivity index (χ3n) is 6.10. The normalized spacial score (nSPS) is 17.2. The van der Waals surface area contributed by atoms with Crippen molar-refractivity contribution in [3.05, 3.63) is 71.0 Å². The number of anilines is 1. The van der Waals surface area contributed by atoms with E-state index in [1.165, 1.54) is 18.2 Å². The van der Waals surface area contributed by atoms with Crippen LogP contribution in [0.5, 0.6) is 0 Å². The van der Waals surface area contributed by atoms with Gasteiger partial charge in [-0.2, -0.15) is 0 Å². The number of halogens is 1. The number of amides is 4. The summed E-state index contributed by atoms with van der Waals surface area (Å²) in [6.07, 6.45) is 3.37. The predicted octanol–water partition coefficient (Wildman–Crippen LogP) is 3.31. The van der Waals surface area contributed by atoms with Crippen molar-refractivity contribution >= 4 is 57.4 Å². The predicted molar refractivity (Wildman–Crippen MR) is 137 cm³/mol. The molecule has 0 spiro atoms. The van der Waals surface area contributed by atoms with Gasteiger partial charge in [0, 0.05) is 35.8 Å². The molecule has 0 saturated carbocycles. The molecule has 2 aliphatic heterocycles. The molecule has 0 unspecified atom stereocenters. The van der Waals surface area contributed by atoms with Crippen molar-refractivity contribution in [2.24, 2.45) is 0 Å². The molecule has 1 N–H and O–H groups in total. The molecule has 4 amide bonds. The second-order valence-electron chi connectivity index (χ2n) is 8.52. The summed E-state index contributed by atoms with van der Waals surface area (Å²) in [5.74, 6) is -1.95. The van der Waals surface area contributed by atoms with Crippen LogP contribution < -0.4 is 5.32 Å². The number of thioether (sulfide) groups is 1. The van der Waals surface area contributed by atoms with Crippen LogP contribution in [0.1, 0.15) is 5.56 Å². The van der Waals surface area contributed by atoms with Crippen molar-refractivity contribution < 1.29 is 28.3 Å². The fourth-order valence-electron chi connectivity index (χ4n) is 4.25. The van der Waals surface area contributed by atoms with Gasteiger partial charge in [-0.05, 0) is 36.0 Å². The number of hydrogen-bond donors (Lipinski definition) is 1. The van der Waals surface area contributed by atoms with Crippen LogP contribution in [-0.4, -0.2) is 70.2 Å². The summed E-state index contributed by atoms with van der Waals surface area (Å²) in [7, 11) is 0. The quantitative estimate of drug-likeness (QED) is 0.499. The van der Waals surface area contributed by atoms with E-state index in [2.05, 4.69) is 5.32 Å². The van der Waals surface area contributed by atoms with Crippen molar-refractivity contribution in [1.82, 2.24) is 14.4 Å². The Kier molecular flexibility index (Phi) is 7.06. The molecule has 9 nitrogen and oxygen atoms in total. The van der Waals surface area contributed by atoms with E-state index in [9.17, 15) is 23.6 Å². The van der Waals surface area contributed by atoms with E-state index in [0.29, 0.717) is 31.9 Å². The topological polar surface area (TPSA) is 101 Å². The average molecular weight is 523 g/mol. The SMILES string of the molecule is O=C(CN1C(=O)SC(=Cc2cn(CC(=O)N3CCOCC3)c3ccccc23)C1=O)Nc1ccccc1F. The maximum Gasteiger partial charge on any atom is 0.294 e. The van der Waals surface area contributed by atoms with Crippen LogP contribution >= 0.6 is 11.8 Å². The number of morpholine rings is 1. The molecular weight excluding hydrogens is 499 g/mol. The van der Waals surface area contributed by atoms with E-state index in [4.69, 9.17) is 4.74 Å². The molecule has 0 atom stereocenters. The molecule has 2 fully saturated rings. The van der Waals surface area contributed by atoms with Crippen LogP contribution in [0.3, 0.4) is 0 Å². The van der Waals surface area contributed by atoms with Gasteiger partial charge in [0.05, 0.1) is 23.8 Å². The van der Waals surface area contributed by atoms with E-state index >= 15 is 0 Å². The van der Waals surface area contributed by atoms with Crippen molar-refractivity contribution in [3.8, 4) is 0 Å². The number of carbonyl (C=O) groups excluding carboxylic acids is 4. The molecule has 1 aromatic heterocycles. The van der Waals surface area contributed by atoms with Crippen molar-refractivity contribution in [2.75, 3.05) is 38.2 Å². The van der Waals surface area contributed by atoms with Gasteiger partial charge < -0.3 is 19.5 Å². The lowest BCUT2D eigenvalue weighted by Crippen LogP contribution is -2.42. The van der Waals surface area contributed by atoms with Crippen LogP contribution in [0.2, 0.25) is 0 Å². The third-order valence-corrected chi connectivity index (χ3v) is 7.01. The summed E-state index contributed by atoms with van der Waals surface area (Å²) in [6, 6.07) is 13.1. The Morgan fingerprint density at radius 3 is 2.54 bits per heavy atom. The summed E-state index contributed by atoms with van der Waals surface area (Å²) in [6.45, 7) is 1.71. The number of benzene rings is 2. The number of rotatable bonds is 6. The van der Waals surface area contributed by atoms with Gasteiger partial charge in [-0.25, -0.2) is 4.39 Å². The highest BCUT2D eigenvalue weighted by Crippen LogP contribution is 2.34. The van der Waals surface area contributed by atoms with Gasteiger partial charge in [0.1, 0.15) is 18.9 Å². The number of nitrogens with one attached hydrogen (secondary N) is 1. The van der Waals surface area contributed by atoms with Crippen LogP contribution in [0.15, 0.2) is 59.6 Å². The molecule has 190 valence electrons. The minimum atomic E-state index is -0.688. The first kappa shape index (κ1) is 24.7. The molecule has 11 heteroatoms. The van der Waals surface area contributed by atoms with Crippen LogP contribution in [0.25, 0.3) is 17.0 Å². The highest BCUT2D eigenvalue weighted by molar-refractivity contribution is 8.18. The number of carbonyl (C=O) groups is 4. The van der Waals surface area contributed by atoms with Crippen molar-refractivity contribution in [2.45, 2.75) is 6.54 Å². The minimum Gasteiger partial charge on any atom is -0.378 e. The lowest BCUT2D eigenvalue weighted by molar-refractivity contribution is -0.135. The Balaban J connectivity index is 1.34. The molecule has 2 aromatic carbocycles. The average Bonchev–Trinajstić information content (AvgIpc) is 3.37. The number of imide groups is 1. The maximum absolute atomic E-state index is 13.8. The van der Waals surface area contributed by atoms with Gasteiger partial charge in [0.25, 0.3) is 11.1 Å². The van der Waals surface area contributed by atoms with E-state index in [1.54, 1.807) is 23.2 Å². The fraction of sp³-hybridized carbons (Fsp3) is 0.231. The molecule has 37 heavy (non-hydrogen) atoms. The Hall–Kier alpha value is -3.96. The van der Waals surface area contributed by atoms with E-state index < -0.39 is 29.4 Å².